The van der Waals surface area contributed by atoms with Crippen LogP contribution in [0.1, 0.15) is 16.7 Å². The first kappa shape index (κ1) is 28.8. The molecule has 0 amide bonds. The van der Waals surface area contributed by atoms with E-state index in [4.69, 9.17) is 0 Å². The van der Waals surface area contributed by atoms with Crippen LogP contribution in [0.2, 0.25) is 0 Å². The van der Waals surface area contributed by atoms with Gasteiger partial charge in [0.15, 0.2) is 0 Å². The molecule has 0 saturated heterocycles. The Bertz CT molecular complexity index is 2920. The molecule has 9 aromatic rings. The Morgan fingerprint density at radius 3 is 1.62 bits per heavy atom. The molecule has 5 nitrogen and oxygen atoms in total. The van der Waals surface area contributed by atoms with Crippen LogP contribution in [0.4, 0.5) is 0 Å². The summed E-state index contributed by atoms with van der Waals surface area (Å²) in [7, 11) is 0. The minimum Gasteiger partial charge on any atom is -0.309 e. The molecule has 0 fully saturated rings. The van der Waals surface area contributed by atoms with Gasteiger partial charge in [-0.1, -0.05) is 91.0 Å². The van der Waals surface area contributed by atoms with Crippen molar-refractivity contribution in [3.8, 4) is 51.8 Å². The molecule has 0 spiro atoms. The van der Waals surface area contributed by atoms with Crippen molar-refractivity contribution in [1.29, 1.82) is 15.8 Å². The lowest BCUT2D eigenvalue weighted by Gasteiger charge is -2.16. The van der Waals surface area contributed by atoms with Gasteiger partial charge in [0.25, 0.3) is 0 Å². The number of benzene rings is 7. The van der Waals surface area contributed by atoms with Crippen LogP contribution in [0, 0.1) is 34.0 Å². The van der Waals surface area contributed by atoms with E-state index in [1.165, 1.54) is 10.8 Å². The van der Waals surface area contributed by atoms with E-state index >= 15 is 0 Å². The van der Waals surface area contributed by atoms with Crippen molar-refractivity contribution in [2.24, 2.45) is 0 Å². The van der Waals surface area contributed by atoms with Crippen LogP contribution in [-0.4, -0.2) is 9.13 Å². The fourth-order valence-electron chi connectivity index (χ4n) is 7.44. The van der Waals surface area contributed by atoms with Crippen LogP contribution in [0.15, 0.2) is 152 Å². The van der Waals surface area contributed by atoms with Gasteiger partial charge in [0, 0.05) is 27.1 Å². The van der Waals surface area contributed by atoms with E-state index in [0.29, 0.717) is 22.4 Å². The summed E-state index contributed by atoms with van der Waals surface area (Å²) in [5.74, 6) is 0. The van der Waals surface area contributed by atoms with Gasteiger partial charge in [0.1, 0.15) is 12.1 Å². The number of fused-ring (bicyclic) bond motifs is 6. The van der Waals surface area contributed by atoms with Gasteiger partial charge < -0.3 is 9.13 Å². The van der Waals surface area contributed by atoms with Crippen LogP contribution in [0.5, 0.6) is 0 Å². The highest BCUT2D eigenvalue weighted by molar-refractivity contribution is 6.11. The topological polar surface area (TPSA) is 81.2 Å². The zero-order valence-electron chi connectivity index (χ0n) is 26.7. The smallest absolute Gasteiger partial charge is 0.103 e. The van der Waals surface area contributed by atoms with Gasteiger partial charge in [0.05, 0.1) is 56.2 Å². The molecule has 9 rings (SSSR count). The second-order valence-corrected chi connectivity index (χ2v) is 12.3. The van der Waals surface area contributed by atoms with Crippen molar-refractivity contribution in [3.05, 3.63) is 168 Å². The fraction of sp³-hybridized carbons (Fsp3) is 0. The molecule has 50 heavy (non-hydrogen) atoms. The van der Waals surface area contributed by atoms with E-state index in [9.17, 15) is 15.8 Å². The number of hydrogen-bond donors (Lipinski definition) is 0. The van der Waals surface area contributed by atoms with Crippen molar-refractivity contribution >= 4 is 43.6 Å². The van der Waals surface area contributed by atoms with E-state index in [0.717, 1.165) is 60.8 Å². The largest absolute Gasteiger partial charge is 0.309 e. The van der Waals surface area contributed by atoms with E-state index in [1.807, 2.05) is 65.2 Å². The third kappa shape index (κ3) is 4.31. The molecule has 0 saturated carbocycles. The molecule has 0 aliphatic carbocycles. The SMILES string of the molecule is N#Cc1ccc2c(c1)c1ccccc1n2-c1cc(-c2cccc(-c3ccccc3-n3c4ccccc4c4ccccc43)c2)cc(C#N)c1C#N. The molecule has 230 valence electrons. The third-order valence-corrected chi connectivity index (χ3v) is 9.62. The van der Waals surface area contributed by atoms with Gasteiger partial charge in [0.2, 0.25) is 0 Å². The van der Waals surface area contributed by atoms with Crippen molar-refractivity contribution < 1.29 is 0 Å². The summed E-state index contributed by atoms with van der Waals surface area (Å²) in [6.07, 6.45) is 0. The Morgan fingerprint density at radius 1 is 0.380 bits per heavy atom. The molecule has 0 unspecified atom stereocenters. The Morgan fingerprint density at radius 2 is 0.960 bits per heavy atom. The molecule has 0 aliphatic heterocycles. The molecule has 0 atom stereocenters. The lowest BCUT2D eigenvalue weighted by molar-refractivity contribution is 1.16. The Labute approximate surface area is 287 Å². The second kappa shape index (κ2) is 11.4. The summed E-state index contributed by atoms with van der Waals surface area (Å²) in [5, 5.41) is 34.7. The first-order chi connectivity index (χ1) is 24.7. The van der Waals surface area contributed by atoms with Gasteiger partial charge in [-0.25, -0.2) is 0 Å². The highest BCUT2D eigenvalue weighted by Gasteiger charge is 2.20. The highest BCUT2D eigenvalue weighted by Crippen LogP contribution is 2.39. The van der Waals surface area contributed by atoms with Gasteiger partial charge in [-0.2, -0.15) is 15.8 Å². The molecule has 0 aliphatic rings. The summed E-state index contributed by atoms with van der Waals surface area (Å²) in [4.78, 5) is 0. The van der Waals surface area contributed by atoms with E-state index in [2.05, 4.69) is 108 Å². The summed E-state index contributed by atoms with van der Waals surface area (Å²) >= 11 is 0. The minimum atomic E-state index is 0.302. The predicted molar refractivity (Wildman–Crippen MR) is 200 cm³/mol. The predicted octanol–water partition coefficient (Wildman–Crippen LogP) is 10.8. The first-order valence-electron chi connectivity index (χ1n) is 16.3. The molecule has 7 aromatic carbocycles. The summed E-state index contributed by atoms with van der Waals surface area (Å²) in [6.45, 7) is 0. The first-order valence-corrected chi connectivity index (χ1v) is 16.3. The molecule has 0 N–H and O–H groups in total. The normalized spacial score (nSPS) is 11.1. The van der Waals surface area contributed by atoms with E-state index in [-0.39, 0.29) is 0 Å². The van der Waals surface area contributed by atoms with Crippen LogP contribution < -0.4 is 0 Å². The number of aromatic nitrogens is 2. The van der Waals surface area contributed by atoms with Crippen molar-refractivity contribution in [3.63, 3.8) is 0 Å². The van der Waals surface area contributed by atoms with Crippen LogP contribution in [-0.2, 0) is 0 Å². The minimum absolute atomic E-state index is 0.302. The monoisotopic (exact) mass is 635 g/mol. The standard InChI is InChI=1S/C45H25N5/c46-26-29-20-21-44-38(22-29)37-15-4-8-19-43(37)50(44)45-25-32(24-33(27-47)39(45)28-48)30-10-9-11-31(23-30)34-12-1-5-16-40(34)49-41-17-6-2-13-35(41)36-14-3-7-18-42(36)49/h1-25H. The summed E-state index contributed by atoms with van der Waals surface area (Å²) in [6, 6.07) is 58.0. The highest BCUT2D eigenvalue weighted by atomic mass is 15.0. The maximum absolute atomic E-state index is 10.4. The molecular formula is C45H25N5. The molecule has 0 radical (unpaired) electrons. The Balaban J connectivity index is 1.26. The third-order valence-electron chi connectivity index (χ3n) is 9.62. The van der Waals surface area contributed by atoms with Gasteiger partial charge in [-0.15, -0.1) is 0 Å². The second-order valence-electron chi connectivity index (χ2n) is 12.3. The molecule has 5 heteroatoms. The van der Waals surface area contributed by atoms with Crippen LogP contribution in [0.25, 0.3) is 77.2 Å². The Hall–Kier alpha value is -7.39. The maximum Gasteiger partial charge on any atom is 0.103 e. The molecule has 2 heterocycles. The molecule has 0 bridgehead atoms. The van der Waals surface area contributed by atoms with E-state index in [1.54, 1.807) is 6.07 Å². The zero-order valence-corrected chi connectivity index (χ0v) is 26.7. The number of nitrogens with zero attached hydrogens (tertiary/aromatic N) is 5. The van der Waals surface area contributed by atoms with Gasteiger partial charge in [-0.3, -0.25) is 0 Å². The lowest BCUT2D eigenvalue weighted by atomic mass is 9.94. The van der Waals surface area contributed by atoms with Crippen molar-refractivity contribution in [1.82, 2.24) is 9.13 Å². The average Bonchev–Trinajstić information content (AvgIpc) is 3.70. The number of nitriles is 3. The number of rotatable bonds is 4. The van der Waals surface area contributed by atoms with Crippen molar-refractivity contribution in [2.45, 2.75) is 0 Å². The van der Waals surface area contributed by atoms with Gasteiger partial charge >= 0.3 is 0 Å². The molecule has 2 aromatic heterocycles. The molecular weight excluding hydrogens is 611 g/mol. The lowest BCUT2D eigenvalue weighted by Crippen LogP contribution is -2.01. The maximum atomic E-state index is 10.4. The van der Waals surface area contributed by atoms with E-state index < -0.39 is 0 Å². The Kier molecular flexibility index (Phi) is 6.56. The van der Waals surface area contributed by atoms with Crippen molar-refractivity contribution in [2.75, 3.05) is 0 Å². The zero-order chi connectivity index (χ0) is 33.8. The average molecular weight is 636 g/mol. The number of hydrogen-bond acceptors (Lipinski definition) is 3. The summed E-state index contributed by atoms with van der Waals surface area (Å²) in [5.41, 5.74) is 10.7. The fourth-order valence-corrected chi connectivity index (χ4v) is 7.44. The summed E-state index contributed by atoms with van der Waals surface area (Å²) < 4.78 is 4.37. The number of para-hydroxylation sites is 4. The van der Waals surface area contributed by atoms with Crippen LogP contribution in [0.3, 0.4) is 0 Å². The van der Waals surface area contributed by atoms with Gasteiger partial charge in [-0.05, 0) is 77.4 Å². The van der Waals surface area contributed by atoms with Crippen LogP contribution >= 0.6 is 0 Å². The quantitative estimate of drug-likeness (QED) is 0.193.